The second-order valence-corrected chi connectivity index (χ2v) is 4.89. The molecule has 0 unspecified atom stereocenters. The van der Waals surface area contributed by atoms with Crippen LogP contribution in [0, 0.1) is 13.8 Å². The molecule has 2 heterocycles. The molecule has 19 heavy (non-hydrogen) atoms. The predicted molar refractivity (Wildman–Crippen MR) is 74.4 cm³/mol. The first-order chi connectivity index (χ1) is 9.19. The van der Waals surface area contributed by atoms with Gasteiger partial charge in [0.2, 0.25) is 0 Å². The van der Waals surface area contributed by atoms with Crippen molar-refractivity contribution < 1.29 is 4.52 Å². The summed E-state index contributed by atoms with van der Waals surface area (Å²) in [4.78, 5) is 4.56. The summed E-state index contributed by atoms with van der Waals surface area (Å²) in [6.07, 6.45) is 0. The highest BCUT2D eigenvalue weighted by molar-refractivity contribution is 6.16. The zero-order valence-corrected chi connectivity index (χ0v) is 11.6. The first-order valence-corrected chi connectivity index (χ1v) is 6.65. The Morgan fingerprint density at radius 2 is 2.16 bits per heavy atom. The highest BCUT2D eigenvalue weighted by Crippen LogP contribution is 2.22. The second kappa shape index (κ2) is 4.70. The fourth-order valence-corrected chi connectivity index (χ4v) is 2.54. The molecule has 0 aliphatic heterocycles. The molecule has 0 amide bonds. The number of para-hydroxylation sites is 1. The van der Waals surface area contributed by atoms with Gasteiger partial charge in [0, 0.05) is 6.07 Å². The van der Waals surface area contributed by atoms with Crippen molar-refractivity contribution in [1.29, 1.82) is 0 Å². The maximum atomic E-state index is 6.00. The summed E-state index contributed by atoms with van der Waals surface area (Å²) in [5.41, 5.74) is 4.13. The van der Waals surface area contributed by atoms with Gasteiger partial charge in [0.05, 0.1) is 29.2 Å². The van der Waals surface area contributed by atoms with Gasteiger partial charge in [-0.05, 0) is 25.5 Å². The summed E-state index contributed by atoms with van der Waals surface area (Å²) in [7, 11) is 0. The Hall–Kier alpha value is -1.81. The molecule has 0 spiro atoms. The van der Waals surface area contributed by atoms with Crippen molar-refractivity contribution in [1.82, 2.24) is 14.7 Å². The molecule has 0 saturated heterocycles. The lowest BCUT2D eigenvalue weighted by Crippen LogP contribution is -2.03. The van der Waals surface area contributed by atoms with E-state index in [2.05, 4.69) is 27.7 Å². The minimum atomic E-state index is 0.376. The summed E-state index contributed by atoms with van der Waals surface area (Å²) < 4.78 is 7.38. The van der Waals surface area contributed by atoms with Crippen LogP contribution in [0.25, 0.3) is 11.0 Å². The molecule has 0 N–H and O–H groups in total. The van der Waals surface area contributed by atoms with Crippen LogP contribution in [0.3, 0.4) is 0 Å². The van der Waals surface area contributed by atoms with Gasteiger partial charge in [0.25, 0.3) is 0 Å². The van der Waals surface area contributed by atoms with Gasteiger partial charge in [0.1, 0.15) is 5.82 Å². The summed E-state index contributed by atoms with van der Waals surface area (Å²) in [5, 5.41) is 3.91. The molecule has 0 saturated carbocycles. The summed E-state index contributed by atoms with van der Waals surface area (Å²) in [6.45, 7) is 4.58. The Morgan fingerprint density at radius 1 is 1.32 bits per heavy atom. The molecule has 0 fully saturated rings. The van der Waals surface area contributed by atoms with Crippen LogP contribution in [0.5, 0.6) is 0 Å². The first kappa shape index (κ1) is 12.2. The number of hydrogen-bond donors (Lipinski definition) is 0. The number of rotatable bonds is 3. The lowest BCUT2D eigenvalue weighted by atomic mass is 10.2. The van der Waals surface area contributed by atoms with Gasteiger partial charge in [-0.15, -0.1) is 11.6 Å². The van der Waals surface area contributed by atoms with E-state index in [9.17, 15) is 0 Å². The van der Waals surface area contributed by atoms with E-state index in [0.29, 0.717) is 12.4 Å². The molecule has 4 nitrogen and oxygen atoms in total. The molecule has 3 rings (SSSR count). The van der Waals surface area contributed by atoms with Crippen LogP contribution in [-0.2, 0) is 12.4 Å². The van der Waals surface area contributed by atoms with Crippen LogP contribution in [0.1, 0.15) is 22.8 Å². The Balaban J connectivity index is 2.15. The number of halogens is 1. The van der Waals surface area contributed by atoms with Gasteiger partial charge in [-0.2, -0.15) is 0 Å². The van der Waals surface area contributed by atoms with Gasteiger partial charge in [-0.3, -0.25) is 0 Å². The molecule has 98 valence electrons. The highest BCUT2D eigenvalue weighted by Gasteiger charge is 2.13. The third-order valence-corrected chi connectivity index (χ3v) is 3.40. The predicted octanol–water partition coefficient (Wildman–Crippen LogP) is 3.43. The van der Waals surface area contributed by atoms with E-state index in [1.54, 1.807) is 0 Å². The van der Waals surface area contributed by atoms with Crippen molar-refractivity contribution in [3.05, 3.63) is 47.1 Å². The van der Waals surface area contributed by atoms with E-state index >= 15 is 0 Å². The van der Waals surface area contributed by atoms with E-state index in [1.807, 2.05) is 25.1 Å². The van der Waals surface area contributed by atoms with Crippen molar-refractivity contribution in [3.8, 4) is 0 Å². The monoisotopic (exact) mass is 275 g/mol. The molecule has 0 bridgehead atoms. The van der Waals surface area contributed by atoms with Gasteiger partial charge in [-0.25, -0.2) is 4.98 Å². The Kier molecular flexibility index (Phi) is 3.03. The molecule has 0 atom stereocenters. The third kappa shape index (κ3) is 2.12. The largest absolute Gasteiger partial charge is 0.359 e. The molecule has 3 aromatic rings. The number of imidazole rings is 1. The van der Waals surface area contributed by atoms with Crippen molar-refractivity contribution in [2.45, 2.75) is 26.3 Å². The fourth-order valence-electron chi connectivity index (χ4n) is 2.33. The number of hydrogen-bond acceptors (Lipinski definition) is 3. The van der Waals surface area contributed by atoms with Crippen LogP contribution in [0.15, 0.2) is 28.8 Å². The van der Waals surface area contributed by atoms with Gasteiger partial charge in [-0.1, -0.05) is 17.3 Å². The zero-order chi connectivity index (χ0) is 13.4. The number of aryl methyl sites for hydroxylation is 2. The molecule has 0 radical (unpaired) electrons. The molecule has 0 aliphatic rings. The summed E-state index contributed by atoms with van der Waals surface area (Å²) in [5.74, 6) is 2.03. The number of nitrogens with zero attached hydrogens (tertiary/aromatic N) is 3. The van der Waals surface area contributed by atoms with E-state index < -0.39 is 0 Å². The number of fused-ring (bicyclic) bond motifs is 1. The Morgan fingerprint density at radius 3 is 2.84 bits per heavy atom. The van der Waals surface area contributed by atoms with Crippen molar-refractivity contribution in [3.63, 3.8) is 0 Å². The fraction of sp³-hybridized carbons (Fsp3) is 0.286. The smallest absolute Gasteiger partial charge is 0.156 e. The lowest BCUT2D eigenvalue weighted by Gasteiger charge is -2.06. The SMILES string of the molecule is Cc1cc(Cn2c(CCl)nc3cccc(C)c32)on1. The average molecular weight is 276 g/mol. The van der Waals surface area contributed by atoms with E-state index in [-0.39, 0.29) is 0 Å². The maximum absolute atomic E-state index is 6.00. The van der Waals surface area contributed by atoms with Gasteiger partial charge >= 0.3 is 0 Å². The number of aromatic nitrogens is 3. The molecule has 5 heteroatoms. The molecular weight excluding hydrogens is 262 g/mol. The van der Waals surface area contributed by atoms with E-state index in [0.717, 1.165) is 28.3 Å². The van der Waals surface area contributed by atoms with Crippen molar-refractivity contribution >= 4 is 22.6 Å². The molecule has 1 aromatic carbocycles. The summed E-state index contributed by atoms with van der Waals surface area (Å²) in [6, 6.07) is 8.01. The van der Waals surface area contributed by atoms with Crippen LogP contribution in [0.2, 0.25) is 0 Å². The summed E-state index contributed by atoms with van der Waals surface area (Å²) >= 11 is 6.00. The maximum Gasteiger partial charge on any atom is 0.156 e. The topological polar surface area (TPSA) is 43.9 Å². The molecular formula is C14H14ClN3O. The van der Waals surface area contributed by atoms with E-state index in [4.69, 9.17) is 16.1 Å². The highest BCUT2D eigenvalue weighted by atomic mass is 35.5. The number of alkyl halides is 1. The molecule has 0 aliphatic carbocycles. The Labute approximate surface area is 116 Å². The average Bonchev–Trinajstić information content (AvgIpc) is 2.95. The van der Waals surface area contributed by atoms with Crippen molar-refractivity contribution in [2.75, 3.05) is 0 Å². The van der Waals surface area contributed by atoms with Crippen LogP contribution in [0.4, 0.5) is 0 Å². The quantitative estimate of drug-likeness (QED) is 0.688. The van der Waals surface area contributed by atoms with Gasteiger partial charge < -0.3 is 9.09 Å². The minimum absolute atomic E-state index is 0.376. The van der Waals surface area contributed by atoms with E-state index in [1.165, 1.54) is 5.56 Å². The first-order valence-electron chi connectivity index (χ1n) is 6.12. The van der Waals surface area contributed by atoms with Crippen LogP contribution < -0.4 is 0 Å². The zero-order valence-electron chi connectivity index (χ0n) is 10.9. The van der Waals surface area contributed by atoms with Crippen molar-refractivity contribution in [2.24, 2.45) is 0 Å². The van der Waals surface area contributed by atoms with Gasteiger partial charge in [0.15, 0.2) is 5.76 Å². The van der Waals surface area contributed by atoms with Crippen LogP contribution >= 0.6 is 11.6 Å². The Bertz CT molecular complexity index is 729. The normalized spacial score (nSPS) is 11.3. The number of benzene rings is 1. The minimum Gasteiger partial charge on any atom is -0.359 e. The molecule has 2 aromatic heterocycles. The second-order valence-electron chi connectivity index (χ2n) is 4.63. The third-order valence-electron chi connectivity index (χ3n) is 3.16. The standard InChI is InChI=1S/C14H14ClN3O/c1-9-4-3-5-12-14(9)18(13(7-15)16-12)8-11-6-10(2)17-19-11/h3-6H,7-8H2,1-2H3. The lowest BCUT2D eigenvalue weighted by molar-refractivity contribution is 0.373. The van der Waals surface area contributed by atoms with Crippen LogP contribution in [-0.4, -0.2) is 14.7 Å².